The van der Waals surface area contributed by atoms with Crippen LogP contribution in [0.15, 0.2) is 23.2 Å². The van der Waals surface area contributed by atoms with Gasteiger partial charge in [0.2, 0.25) is 10.0 Å². The molecule has 1 rings (SSSR count). The lowest BCUT2D eigenvalue weighted by molar-refractivity contribution is 0.314. The Bertz CT molecular complexity index is 600. The van der Waals surface area contributed by atoms with Crippen molar-refractivity contribution in [3.63, 3.8) is 0 Å². The van der Waals surface area contributed by atoms with Crippen LogP contribution in [-0.2, 0) is 10.0 Å². The van der Waals surface area contributed by atoms with Crippen molar-refractivity contribution in [2.45, 2.75) is 24.8 Å². The fraction of sp³-hybridized carbons (Fsp3) is 0.538. The number of nitrogens with two attached hydrogens (primary N) is 1. The molecule has 1 atom stereocenters. The van der Waals surface area contributed by atoms with Crippen LogP contribution in [0, 0.1) is 5.92 Å². The Morgan fingerprint density at radius 3 is 2.57 bits per heavy atom. The molecule has 1 aromatic rings. The molecule has 0 aliphatic carbocycles. The quantitative estimate of drug-likeness (QED) is 0.711. The molecule has 21 heavy (non-hydrogen) atoms. The number of rotatable bonds is 7. The second-order valence-corrected chi connectivity index (χ2v) is 7.57. The number of hydrogen-bond acceptors (Lipinski definition) is 5. The maximum absolute atomic E-state index is 12.6. The minimum atomic E-state index is -3.73. The number of aromatic nitrogens is 1. The van der Waals surface area contributed by atoms with Crippen LogP contribution in [0.1, 0.15) is 19.5 Å². The van der Waals surface area contributed by atoms with Crippen molar-refractivity contribution >= 4 is 27.2 Å². The van der Waals surface area contributed by atoms with Crippen molar-refractivity contribution < 1.29 is 8.42 Å². The third-order valence-electron chi connectivity index (χ3n) is 2.97. The summed E-state index contributed by atoms with van der Waals surface area (Å²) in [4.78, 5) is 5.88. The van der Waals surface area contributed by atoms with Crippen molar-refractivity contribution in [1.82, 2.24) is 14.6 Å². The molecule has 1 aromatic heterocycles. The zero-order valence-electron chi connectivity index (χ0n) is 12.7. The topological polar surface area (TPSA) is 88.3 Å². The first-order valence-corrected chi connectivity index (χ1v) is 8.46. The predicted molar refractivity (Wildman–Crippen MR) is 87.6 cm³/mol. The Balaban J connectivity index is 3.14. The SMILES string of the molecule is CC(C)C(CN(C)C)NS(=O)(=O)c1cccnc1C(N)=S. The van der Waals surface area contributed by atoms with Gasteiger partial charge in [0, 0.05) is 18.8 Å². The van der Waals surface area contributed by atoms with E-state index in [1.807, 2.05) is 32.8 Å². The molecule has 0 saturated heterocycles. The van der Waals surface area contributed by atoms with Crippen LogP contribution in [-0.4, -0.2) is 50.0 Å². The van der Waals surface area contributed by atoms with Crippen LogP contribution in [0.3, 0.4) is 0 Å². The molecule has 118 valence electrons. The van der Waals surface area contributed by atoms with Crippen molar-refractivity contribution in [2.75, 3.05) is 20.6 Å². The van der Waals surface area contributed by atoms with Crippen molar-refractivity contribution in [2.24, 2.45) is 11.7 Å². The molecule has 6 nitrogen and oxygen atoms in total. The van der Waals surface area contributed by atoms with Crippen molar-refractivity contribution in [3.8, 4) is 0 Å². The third kappa shape index (κ3) is 4.99. The number of hydrogen-bond donors (Lipinski definition) is 2. The van der Waals surface area contributed by atoms with Crippen molar-refractivity contribution in [1.29, 1.82) is 0 Å². The summed E-state index contributed by atoms with van der Waals surface area (Å²) in [6, 6.07) is 2.79. The predicted octanol–water partition coefficient (Wildman–Crippen LogP) is 0.580. The first kappa shape index (κ1) is 18.0. The highest BCUT2D eigenvalue weighted by molar-refractivity contribution is 7.89. The van der Waals surface area contributed by atoms with Gasteiger partial charge in [-0.2, -0.15) is 0 Å². The largest absolute Gasteiger partial charge is 0.388 e. The van der Waals surface area contributed by atoms with E-state index in [-0.39, 0.29) is 27.5 Å². The highest BCUT2D eigenvalue weighted by atomic mass is 32.2. The van der Waals surface area contributed by atoms with Crippen LogP contribution < -0.4 is 10.5 Å². The van der Waals surface area contributed by atoms with E-state index in [9.17, 15) is 8.42 Å². The number of sulfonamides is 1. The van der Waals surface area contributed by atoms with Gasteiger partial charge in [0.05, 0.1) is 0 Å². The molecule has 0 fully saturated rings. The van der Waals surface area contributed by atoms with Gasteiger partial charge in [-0.1, -0.05) is 26.1 Å². The Hall–Kier alpha value is -1.09. The smallest absolute Gasteiger partial charge is 0.243 e. The average Bonchev–Trinajstić information content (AvgIpc) is 2.37. The summed E-state index contributed by atoms with van der Waals surface area (Å²) in [5.74, 6) is 0.145. The normalized spacial score (nSPS) is 13.6. The minimum absolute atomic E-state index is 0.0157. The van der Waals surface area contributed by atoms with Gasteiger partial charge in [0.15, 0.2) is 0 Å². The zero-order valence-corrected chi connectivity index (χ0v) is 14.3. The fourth-order valence-corrected chi connectivity index (χ4v) is 3.61. The average molecular weight is 330 g/mol. The molecule has 8 heteroatoms. The van der Waals surface area contributed by atoms with Crippen molar-refractivity contribution in [3.05, 3.63) is 24.0 Å². The second kappa shape index (κ2) is 7.26. The summed E-state index contributed by atoms with van der Waals surface area (Å²) >= 11 is 4.87. The summed E-state index contributed by atoms with van der Waals surface area (Å²) < 4.78 is 27.8. The summed E-state index contributed by atoms with van der Waals surface area (Å²) in [7, 11) is 0.0616. The molecule has 0 bridgehead atoms. The van der Waals surface area contributed by atoms with Gasteiger partial charge in [-0.15, -0.1) is 0 Å². The van der Waals surface area contributed by atoms with Gasteiger partial charge in [-0.05, 0) is 32.1 Å². The summed E-state index contributed by atoms with van der Waals surface area (Å²) in [6.45, 7) is 4.53. The highest BCUT2D eigenvalue weighted by Gasteiger charge is 2.26. The standard InChI is InChI=1S/C13H22N4O2S2/c1-9(2)10(8-17(3)4)16-21(18,19)11-6-5-7-15-12(11)13(14)20/h5-7,9-10,16H,8H2,1-4H3,(H2,14,20). The van der Waals surface area contributed by atoms with Gasteiger partial charge in [-0.3, -0.25) is 4.98 Å². The molecular formula is C13H22N4O2S2. The van der Waals surface area contributed by atoms with E-state index < -0.39 is 10.0 Å². The lowest BCUT2D eigenvalue weighted by Gasteiger charge is -2.25. The Labute approximate surface area is 131 Å². The zero-order chi connectivity index (χ0) is 16.2. The molecule has 0 aliphatic heterocycles. The fourth-order valence-electron chi connectivity index (χ4n) is 1.83. The lowest BCUT2D eigenvalue weighted by Crippen LogP contribution is -2.45. The maximum atomic E-state index is 12.6. The minimum Gasteiger partial charge on any atom is -0.388 e. The number of thiocarbonyl (C=S) groups is 1. The molecule has 1 unspecified atom stereocenters. The number of likely N-dealkylation sites (N-methyl/N-ethyl adjacent to an activating group) is 1. The van der Waals surface area contributed by atoms with E-state index in [4.69, 9.17) is 18.0 Å². The van der Waals surface area contributed by atoms with Crippen LogP contribution in [0.5, 0.6) is 0 Å². The maximum Gasteiger partial charge on any atom is 0.243 e. The summed E-state index contributed by atoms with van der Waals surface area (Å²) in [5, 5.41) is 0. The molecular weight excluding hydrogens is 308 g/mol. The Morgan fingerprint density at radius 1 is 1.48 bits per heavy atom. The highest BCUT2D eigenvalue weighted by Crippen LogP contribution is 2.15. The number of nitrogens with one attached hydrogen (secondary N) is 1. The monoisotopic (exact) mass is 330 g/mol. The molecule has 0 spiro atoms. The number of nitrogens with zero attached hydrogens (tertiary/aromatic N) is 2. The Kier molecular flexibility index (Phi) is 6.21. The van der Waals surface area contributed by atoms with E-state index in [0.29, 0.717) is 6.54 Å². The summed E-state index contributed by atoms with van der Waals surface area (Å²) in [6.07, 6.45) is 1.47. The molecule has 0 aliphatic rings. The number of pyridine rings is 1. The third-order valence-corrected chi connectivity index (χ3v) is 4.68. The van der Waals surface area contributed by atoms with Gasteiger partial charge < -0.3 is 10.6 Å². The van der Waals surface area contributed by atoms with Gasteiger partial charge in [-0.25, -0.2) is 13.1 Å². The van der Waals surface area contributed by atoms with E-state index in [2.05, 4.69) is 9.71 Å². The molecule has 1 heterocycles. The first-order chi connectivity index (χ1) is 9.65. The molecule has 0 aromatic carbocycles. The summed E-state index contributed by atoms with van der Waals surface area (Å²) in [5.41, 5.74) is 5.67. The Morgan fingerprint density at radius 2 is 2.10 bits per heavy atom. The molecule has 0 radical (unpaired) electrons. The van der Waals surface area contributed by atoms with Gasteiger partial charge >= 0.3 is 0 Å². The second-order valence-electron chi connectivity index (χ2n) is 5.45. The van der Waals surface area contributed by atoms with E-state index in [1.165, 1.54) is 12.3 Å². The van der Waals surface area contributed by atoms with E-state index in [0.717, 1.165) is 0 Å². The van der Waals surface area contributed by atoms with Gasteiger partial charge in [0.25, 0.3) is 0 Å². The molecule has 0 amide bonds. The first-order valence-electron chi connectivity index (χ1n) is 6.57. The van der Waals surface area contributed by atoms with Crippen LogP contribution in [0.2, 0.25) is 0 Å². The lowest BCUT2D eigenvalue weighted by atomic mass is 10.1. The molecule has 0 saturated carbocycles. The van der Waals surface area contributed by atoms with Crippen LogP contribution >= 0.6 is 12.2 Å². The van der Waals surface area contributed by atoms with E-state index in [1.54, 1.807) is 6.07 Å². The van der Waals surface area contributed by atoms with E-state index >= 15 is 0 Å². The van der Waals surface area contributed by atoms with Gasteiger partial charge in [0.1, 0.15) is 15.6 Å². The molecule has 3 N–H and O–H groups in total. The van der Waals surface area contributed by atoms with Crippen LogP contribution in [0.4, 0.5) is 0 Å². The van der Waals surface area contributed by atoms with Crippen LogP contribution in [0.25, 0.3) is 0 Å².